The van der Waals surface area contributed by atoms with E-state index in [0.717, 1.165) is 31.8 Å². The summed E-state index contributed by atoms with van der Waals surface area (Å²) in [6, 6.07) is 8.33. The second kappa shape index (κ2) is 10.4. The summed E-state index contributed by atoms with van der Waals surface area (Å²) in [5, 5.41) is 0. The van der Waals surface area contributed by atoms with Crippen molar-refractivity contribution in [3.05, 3.63) is 29.8 Å². The molecular formula is C24H38N4O4. The Labute approximate surface area is 191 Å². The van der Waals surface area contributed by atoms with E-state index in [4.69, 9.17) is 24.9 Å². The summed E-state index contributed by atoms with van der Waals surface area (Å²) < 4.78 is 16.7. The van der Waals surface area contributed by atoms with Crippen LogP contribution in [0.2, 0.25) is 0 Å². The molecule has 1 aromatic carbocycles. The van der Waals surface area contributed by atoms with Crippen LogP contribution < -0.4 is 10.5 Å². The first-order valence-electron chi connectivity index (χ1n) is 11.6. The molecule has 0 saturated carbocycles. The van der Waals surface area contributed by atoms with Gasteiger partial charge in [0, 0.05) is 44.8 Å². The van der Waals surface area contributed by atoms with Gasteiger partial charge in [-0.1, -0.05) is 12.1 Å². The number of rotatable bonds is 5. The zero-order valence-electron chi connectivity index (χ0n) is 19.9. The Hall–Kier alpha value is -2.48. The zero-order chi connectivity index (χ0) is 23.2. The van der Waals surface area contributed by atoms with E-state index in [2.05, 4.69) is 12.1 Å². The Bertz CT molecular complexity index is 774. The molecule has 2 aliphatic heterocycles. The van der Waals surface area contributed by atoms with Crippen molar-refractivity contribution in [1.29, 1.82) is 0 Å². The molecule has 0 radical (unpaired) electrons. The number of hydrogen-bond donors (Lipinski definition) is 1. The zero-order valence-corrected chi connectivity index (χ0v) is 19.9. The molecule has 8 nitrogen and oxygen atoms in total. The molecule has 0 unspecified atom stereocenters. The van der Waals surface area contributed by atoms with Gasteiger partial charge in [0.05, 0.1) is 13.2 Å². The van der Waals surface area contributed by atoms with Gasteiger partial charge in [-0.25, -0.2) is 4.79 Å². The SMILES string of the molecule is CCOc1ccc(C2(CN=C(N)N3CCN(C(=O)OC(C)(C)C)CC3)CCOCC2)cc1. The molecule has 0 bridgehead atoms. The minimum Gasteiger partial charge on any atom is -0.494 e. The minimum atomic E-state index is -0.492. The molecule has 32 heavy (non-hydrogen) atoms. The van der Waals surface area contributed by atoms with E-state index in [-0.39, 0.29) is 11.5 Å². The lowest BCUT2D eigenvalue weighted by molar-refractivity contribution is 0.0186. The molecule has 8 heteroatoms. The topological polar surface area (TPSA) is 89.6 Å². The predicted octanol–water partition coefficient (Wildman–Crippen LogP) is 3.00. The van der Waals surface area contributed by atoms with Crippen LogP contribution in [0.4, 0.5) is 4.79 Å². The Morgan fingerprint density at radius 1 is 1.09 bits per heavy atom. The van der Waals surface area contributed by atoms with Crippen LogP contribution in [-0.2, 0) is 14.9 Å². The molecule has 0 aromatic heterocycles. The number of aliphatic imine (C=N–C) groups is 1. The molecule has 0 atom stereocenters. The van der Waals surface area contributed by atoms with Gasteiger partial charge in [0.2, 0.25) is 0 Å². The fourth-order valence-corrected chi connectivity index (χ4v) is 4.15. The normalized spacial score (nSPS) is 19.6. The largest absolute Gasteiger partial charge is 0.494 e. The quantitative estimate of drug-likeness (QED) is 0.552. The number of guanidine groups is 1. The van der Waals surface area contributed by atoms with Crippen LogP contribution in [0.3, 0.4) is 0 Å². The van der Waals surface area contributed by atoms with Crippen molar-refractivity contribution in [2.24, 2.45) is 10.7 Å². The van der Waals surface area contributed by atoms with E-state index in [1.165, 1.54) is 5.56 Å². The number of ether oxygens (including phenoxy) is 3. The molecule has 2 fully saturated rings. The maximum absolute atomic E-state index is 12.3. The fourth-order valence-electron chi connectivity index (χ4n) is 4.15. The second-order valence-electron chi connectivity index (χ2n) is 9.48. The van der Waals surface area contributed by atoms with Gasteiger partial charge in [0.1, 0.15) is 11.4 Å². The molecule has 2 N–H and O–H groups in total. The number of hydrogen-bond acceptors (Lipinski definition) is 5. The standard InChI is InChI=1S/C24H38N4O4/c1-5-31-20-8-6-19(7-9-20)24(10-16-30-17-11-24)18-26-21(25)27-12-14-28(15-13-27)22(29)32-23(2,3)4/h6-9H,5,10-18H2,1-4H3,(H2,25,26). The molecule has 0 spiro atoms. The van der Waals surface area contributed by atoms with Gasteiger partial charge in [-0.2, -0.15) is 0 Å². The van der Waals surface area contributed by atoms with Crippen LogP contribution in [0.5, 0.6) is 5.75 Å². The van der Waals surface area contributed by atoms with Crippen molar-refractivity contribution >= 4 is 12.1 Å². The van der Waals surface area contributed by atoms with E-state index < -0.39 is 5.60 Å². The lowest BCUT2D eigenvalue weighted by Crippen LogP contribution is -2.53. The van der Waals surface area contributed by atoms with Crippen molar-refractivity contribution in [2.75, 3.05) is 52.5 Å². The van der Waals surface area contributed by atoms with E-state index >= 15 is 0 Å². The number of piperazine rings is 1. The van der Waals surface area contributed by atoms with Crippen LogP contribution in [0, 0.1) is 0 Å². The third-order valence-electron chi connectivity index (χ3n) is 6.03. The number of carbonyl (C=O) groups excluding carboxylic acids is 1. The molecule has 2 heterocycles. The third kappa shape index (κ3) is 6.28. The van der Waals surface area contributed by atoms with Gasteiger partial charge in [-0.3, -0.25) is 4.99 Å². The van der Waals surface area contributed by atoms with Crippen molar-refractivity contribution < 1.29 is 19.0 Å². The van der Waals surface area contributed by atoms with E-state index in [9.17, 15) is 4.79 Å². The summed E-state index contributed by atoms with van der Waals surface area (Å²) in [6.45, 7) is 12.8. The average Bonchev–Trinajstić information content (AvgIpc) is 2.78. The summed E-state index contributed by atoms with van der Waals surface area (Å²) in [4.78, 5) is 20.9. The van der Waals surface area contributed by atoms with Crippen molar-refractivity contribution in [1.82, 2.24) is 9.80 Å². The molecule has 2 aliphatic rings. The van der Waals surface area contributed by atoms with Gasteiger partial charge in [0.15, 0.2) is 5.96 Å². The molecule has 178 valence electrons. The minimum absolute atomic E-state index is 0.0913. The van der Waals surface area contributed by atoms with Crippen LogP contribution in [0.25, 0.3) is 0 Å². The first kappa shape index (κ1) is 24.2. The monoisotopic (exact) mass is 446 g/mol. The highest BCUT2D eigenvalue weighted by Gasteiger charge is 2.35. The Kier molecular flexibility index (Phi) is 7.87. The highest BCUT2D eigenvalue weighted by atomic mass is 16.6. The van der Waals surface area contributed by atoms with Crippen molar-refractivity contribution in [3.8, 4) is 5.75 Å². The van der Waals surface area contributed by atoms with E-state index in [1.807, 2.05) is 44.7 Å². The molecule has 2 saturated heterocycles. The first-order valence-corrected chi connectivity index (χ1v) is 11.6. The Morgan fingerprint density at radius 3 is 2.25 bits per heavy atom. The predicted molar refractivity (Wildman–Crippen MR) is 125 cm³/mol. The smallest absolute Gasteiger partial charge is 0.410 e. The van der Waals surface area contributed by atoms with Crippen molar-refractivity contribution in [3.63, 3.8) is 0 Å². The van der Waals surface area contributed by atoms with Gasteiger partial charge < -0.3 is 29.7 Å². The van der Waals surface area contributed by atoms with Gasteiger partial charge >= 0.3 is 6.09 Å². The fraction of sp³-hybridized carbons (Fsp3) is 0.667. The second-order valence-corrected chi connectivity index (χ2v) is 9.48. The number of benzene rings is 1. The maximum atomic E-state index is 12.3. The number of amides is 1. The summed E-state index contributed by atoms with van der Waals surface area (Å²) in [6.07, 6.45) is 1.54. The van der Waals surface area contributed by atoms with Crippen LogP contribution in [0.15, 0.2) is 29.3 Å². The maximum Gasteiger partial charge on any atom is 0.410 e. The summed E-state index contributed by atoms with van der Waals surface area (Å²) in [5.41, 5.74) is 7.04. The van der Waals surface area contributed by atoms with Crippen LogP contribution in [0.1, 0.15) is 46.1 Å². The molecule has 1 amide bonds. The molecule has 1 aromatic rings. The molecular weight excluding hydrogens is 408 g/mol. The first-order chi connectivity index (χ1) is 15.2. The third-order valence-corrected chi connectivity index (χ3v) is 6.03. The summed E-state index contributed by atoms with van der Waals surface area (Å²) in [7, 11) is 0. The van der Waals surface area contributed by atoms with E-state index in [1.54, 1.807) is 4.90 Å². The Morgan fingerprint density at radius 2 is 1.69 bits per heavy atom. The lowest BCUT2D eigenvalue weighted by Gasteiger charge is -2.38. The summed E-state index contributed by atoms with van der Waals surface area (Å²) >= 11 is 0. The number of nitrogens with zero attached hydrogens (tertiary/aromatic N) is 3. The van der Waals surface area contributed by atoms with Gasteiger partial charge in [-0.05, 0) is 58.2 Å². The summed E-state index contributed by atoms with van der Waals surface area (Å²) in [5.74, 6) is 1.41. The number of carbonyl (C=O) groups is 1. The molecule has 0 aliphatic carbocycles. The highest BCUT2D eigenvalue weighted by molar-refractivity contribution is 5.78. The van der Waals surface area contributed by atoms with Crippen molar-refractivity contribution in [2.45, 2.75) is 51.6 Å². The highest BCUT2D eigenvalue weighted by Crippen LogP contribution is 2.36. The lowest BCUT2D eigenvalue weighted by atomic mass is 9.74. The Balaban J connectivity index is 1.63. The van der Waals surface area contributed by atoms with Crippen LogP contribution >= 0.6 is 0 Å². The average molecular weight is 447 g/mol. The van der Waals surface area contributed by atoms with Crippen LogP contribution in [-0.4, -0.2) is 80.0 Å². The van der Waals surface area contributed by atoms with Gasteiger partial charge in [-0.15, -0.1) is 0 Å². The van der Waals surface area contributed by atoms with Gasteiger partial charge in [0.25, 0.3) is 0 Å². The number of nitrogens with two attached hydrogens (primary N) is 1. The van der Waals surface area contributed by atoms with E-state index in [0.29, 0.717) is 45.3 Å². The molecule has 3 rings (SSSR count).